The number of aromatic amines is 1. The number of ether oxygens (including phenoxy) is 1. The van der Waals surface area contributed by atoms with Gasteiger partial charge in [0, 0.05) is 24.0 Å². The van der Waals surface area contributed by atoms with Crippen LogP contribution in [0.4, 0.5) is 4.39 Å². The van der Waals surface area contributed by atoms with Crippen molar-refractivity contribution in [1.82, 2.24) is 9.88 Å². The first-order valence-corrected chi connectivity index (χ1v) is 6.94. The molecule has 1 fully saturated rings. The van der Waals surface area contributed by atoms with Crippen LogP contribution in [0.1, 0.15) is 16.9 Å². The first kappa shape index (κ1) is 14.5. The molecule has 0 radical (unpaired) electrons. The number of amides is 1. The van der Waals surface area contributed by atoms with Crippen LogP contribution in [0.15, 0.2) is 24.3 Å². The van der Waals surface area contributed by atoms with Crippen LogP contribution >= 0.6 is 0 Å². The van der Waals surface area contributed by atoms with E-state index in [1.807, 2.05) is 0 Å². The highest BCUT2D eigenvalue weighted by atomic mass is 19.1. The molecule has 22 heavy (non-hydrogen) atoms. The number of carboxylic acid groups (broad SMARTS) is 1. The fourth-order valence-corrected chi connectivity index (χ4v) is 2.63. The minimum absolute atomic E-state index is 0.148. The van der Waals surface area contributed by atoms with Gasteiger partial charge in [0.2, 0.25) is 0 Å². The third kappa shape index (κ3) is 2.80. The van der Waals surface area contributed by atoms with Crippen LogP contribution in [0.25, 0.3) is 10.9 Å². The molecule has 1 aliphatic heterocycles. The number of hydrogen-bond donors (Lipinski definition) is 2. The number of nitrogens with one attached hydrogen (secondary N) is 1. The van der Waals surface area contributed by atoms with E-state index in [0.717, 1.165) is 0 Å². The predicted molar refractivity (Wildman–Crippen MR) is 76.2 cm³/mol. The second-order valence-electron chi connectivity index (χ2n) is 5.23. The lowest BCUT2D eigenvalue weighted by molar-refractivity contribution is -0.141. The first-order valence-electron chi connectivity index (χ1n) is 6.94. The Hall–Kier alpha value is -2.41. The standard InChI is InChI=1S/C15H15FN2O4/c16-11-2-1-3-12-10(11)7-13(17-12)15(21)18-4-5-22-9(8-18)6-14(19)20/h1-3,7,9,17H,4-6,8H2,(H,19,20)/t9-/m0/s1. The molecule has 2 heterocycles. The van der Waals surface area contributed by atoms with Crippen molar-refractivity contribution in [2.24, 2.45) is 0 Å². The number of rotatable bonds is 3. The number of nitrogens with zero attached hydrogens (tertiary/aromatic N) is 1. The number of halogens is 1. The first-order chi connectivity index (χ1) is 10.5. The highest BCUT2D eigenvalue weighted by Crippen LogP contribution is 2.20. The normalized spacial score (nSPS) is 18.6. The van der Waals surface area contributed by atoms with E-state index in [4.69, 9.17) is 9.84 Å². The number of morpholine rings is 1. The van der Waals surface area contributed by atoms with Crippen LogP contribution in [0.3, 0.4) is 0 Å². The molecule has 116 valence electrons. The van der Waals surface area contributed by atoms with Gasteiger partial charge in [-0.1, -0.05) is 6.07 Å². The third-order valence-electron chi connectivity index (χ3n) is 3.67. The molecule has 0 saturated carbocycles. The monoisotopic (exact) mass is 306 g/mol. The summed E-state index contributed by atoms with van der Waals surface area (Å²) in [6.07, 6.45) is -0.665. The maximum Gasteiger partial charge on any atom is 0.306 e. The second-order valence-corrected chi connectivity index (χ2v) is 5.23. The largest absolute Gasteiger partial charge is 0.481 e. The lowest BCUT2D eigenvalue weighted by atomic mass is 10.2. The Labute approximate surface area is 125 Å². The van der Waals surface area contributed by atoms with Crippen LogP contribution < -0.4 is 0 Å². The zero-order chi connectivity index (χ0) is 15.7. The highest BCUT2D eigenvalue weighted by molar-refractivity contribution is 5.98. The Kier molecular flexibility index (Phi) is 3.81. The molecule has 1 saturated heterocycles. The van der Waals surface area contributed by atoms with Gasteiger partial charge in [-0.05, 0) is 18.2 Å². The molecular formula is C15H15FN2O4. The number of hydrogen-bond acceptors (Lipinski definition) is 3. The van der Waals surface area contributed by atoms with Crippen molar-refractivity contribution < 1.29 is 23.8 Å². The lowest BCUT2D eigenvalue weighted by Crippen LogP contribution is -2.46. The highest BCUT2D eigenvalue weighted by Gasteiger charge is 2.27. The maximum atomic E-state index is 13.7. The van der Waals surface area contributed by atoms with Gasteiger partial charge < -0.3 is 19.7 Å². The summed E-state index contributed by atoms with van der Waals surface area (Å²) in [7, 11) is 0. The summed E-state index contributed by atoms with van der Waals surface area (Å²) in [5.41, 5.74) is 0.842. The molecule has 1 aromatic heterocycles. The van der Waals surface area contributed by atoms with Crippen molar-refractivity contribution in [3.05, 3.63) is 35.8 Å². The van der Waals surface area contributed by atoms with Gasteiger partial charge in [-0.25, -0.2) is 4.39 Å². The van der Waals surface area contributed by atoms with Gasteiger partial charge in [0.25, 0.3) is 5.91 Å². The number of H-pyrrole nitrogens is 1. The summed E-state index contributed by atoms with van der Waals surface area (Å²) in [6.45, 7) is 0.883. The zero-order valence-corrected chi connectivity index (χ0v) is 11.7. The van der Waals surface area contributed by atoms with E-state index in [0.29, 0.717) is 17.4 Å². The van der Waals surface area contributed by atoms with Crippen molar-refractivity contribution >= 4 is 22.8 Å². The molecule has 3 rings (SSSR count). The Morgan fingerprint density at radius 1 is 1.45 bits per heavy atom. The number of carboxylic acids is 1. The molecule has 2 aromatic rings. The van der Waals surface area contributed by atoms with E-state index in [-0.39, 0.29) is 31.2 Å². The molecule has 1 aromatic carbocycles. The minimum Gasteiger partial charge on any atom is -0.481 e. The van der Waals surface area contributed by atoms with E-state index in [9.17, 15) is 14.0 Å². The average Bonchev–Trinajstić information content (AvgIpc) is 2.91. The summed E-state index contributed by atoms with van der Waals surface area (Å²) in [4.78, 5) is 27.6. The van der Waals surface area contributed by atoms with Crippen molar-refractivity contribution in [3.8, 4) is 0 Å². The fraction of sp³-hybridized carbons (Fsp3) is 0.333. The van der Waals surface area contributed by atoms with Gasteiger partial charge >= 0.3 is 5.97 Å². The molecule has 0 spiro atoms. The molecule has 0 unspecified atom stereocenters. The Bertz CT molecular complexity index is 727. The average molecular weight is 306 g/mol. The molecular weight excluding hydrogens is 291 g/mol. The molecule has 1 aliphatic rings. The van der Waals surface area contributed by atoms with Gasteiger partial charge in [-0.15, -0.1) is 0 Å². The van der Waals surface area contributed by atoms with Crippen molar-refractivity contribution in [1.29, 1.82) is 0 Å². The van der Waals surface area contributed by atoms with Crippen molar-refractivity contribution in [3.63, 3.8) is 0 Å². The molecule has 0 aliphatic carbocycles. The lowest BCUT2D eigenvalue weighted by Gasteiger charge is -2.32. The number of aliphatic carboxylic acids is 1. The number of fused-ring (bicyclic) bond motifs is 1. The zero-order valence-electron chi connectivity index (χ0n) is 11.7. The topological polar surface area (TPSA) is 82.6 Å². The number of aromatic nitrogens is 1. The van der Waals surface area contributed by atoms with E-state index < -0.39 is 17.9 Å². The SMILES string of the molecule is O=C(O)C[C@H]1CN(C(=O)c2cc3c(F)cccc3[nH]2)CCO1. The van der Waals surface area contributed by atoms with Gasteiger partial charge in [0.1, 0.15) is 11.5 Å². The molecule has 0 bridgehead atoms. The fourth-order valence-electron chi connectivity index (χ4n) is 2.63. The number of benzene rings is 1. The number of carbonyl (C=O) groups excluding carboxylic acids is 1. The van der Waals surface area contributed by atoms with Gasteiger partial charge in [-0.2, -0.15) is 0 Å². The van der Waals surface area contributed by atoms with Crippen LogP contribution in [0, 0.1) is 5.82 Å². The van der Waals surface area contributed by atoms with Gasteiger partial charge in [-0.3, -0.25) is 9.59 Å². The van der Waals surface area contributed by atoms with E-state index in [1.54, 1.807) is 12.1 Å². The Morgan fingerprint density at radius 3 is 3.00 bits per heavy atom. The maximum absolute atomic E-state index is 13.7. The summed E-state index contributed by atoms with van der Waals surface area (Å²) in [6, 6.07) is 6.08. The van der Waals surface area contributed by atoms with Crippen molar-refractivity contribution in [2.45, 2.75) is 12.5 Å². The van der Waals surface area contributed by atoms with E-state index in [1.165, 1.54) is 17.0 Å². The Balaban J connectivity index is 1.80. The number of carbonyl (C=O) groups is 2. The van der Waals surface area contributed by atoms with Gasteiger partial charge in [0.05, 0.1) is 19.1 Å². The summed E-state index contributed by atoms with van der Waals surface area (Å²) < 4.78 is 19.0. The smallest absolute Gasteiger partial charge is 0.306 e. The minimum atomic E-state index is -0.966. The van der Waals surface area contributed by atoms with Crippen LogP contribution in [0.5, 0.6) is 0 Å². The summed E-state index contributed by atoms with van der Waals surface area (Å²) in [5.74, 6) is -1.64. The van der Waals surface area contributed by atoms with Crippen LogP contribution in [0.2, 0.25) is 0 Å². The van der Waals surface area contributed by atoms with Crippen LogP contribution in [-0.2, 0) is 9.53 Å². The summed E-state index contributed by atoms with van der Waals surface area (Å²) >= 11 is 0. The van der Waals surface area contributed by atoms with Crippen LogP contribution in [-0.4, -0.2) is 52.7 Å². The van der Waals surface area contributed by atoms with E-state index >= 15 is 0 Å². The third-order valence-corrected chi connectivity index (χ3v) is 3.67. The second kappa shape index (κ2) is 5.76. The molecule has 2 N–H and O–H groups in total. The predicted octanol–water partition coefficient (Wildman–Crippen LogP) is 1.62. The quantitative estimate of drug-likeness (QED) is 0.903. The molecule has 1 atom stereocenters. The summed E-state index contributed by atoms with van der Waals surface area (Å²) in [5, 5.41) is 9.16. The molecule has 6 nitrogen and oxygen atoms in total. The molecule has 7 heteroatoms. The van der Waals surface area contributed by atoms with E-state index in [2.05, 4.69) is 4.98 Å². The Morgan fingerprint density at radius 2 is 2.27 bits per heavy atom. The molecule has 1 amide bonds. The van der Waals surface area contributed by atoms with Gasteiger partial charge in [0.15, 0.2) is 0 Å². The van der Waals surface area contributed by atoms with Crippen molar-refractivity contribution in [2.75, 3.05) is 19.7 Å².